The number of pyridine rings is 1. The first-order valence-electron chi connectivity index (χ1n) is 14.6. The van der Waals surface area contributed by atoms with Crippen molar-refractivity contribution < 1.29 is 9.59 Å². The summed E-state index contributed by atoms with van der Waals surface area (Å²) < 4.78 is 0. The highest BCUT2D eigenvalue weighted by molar-refractivity contribution is 5.84. The zero-order valence-corrected chi connectivity index (χ0v) is 23.4. The predicted molar refractivity (Wildman–Crippen MR) is 151 cm³/mol. The molecule has 3 aliphatic rings. The molecule has 1 aromatic heterocycles. The number of hydrogen-bond acceptors (Lipinski definition) is 3. The predicted octanol–water partition coefficient (Wildman–Crippen LogP) is 7.74. The van der Waals surface area contributed by atoms with Crippen molar-refractivity contribution in [3.8, 4) is 0 Å². The summed E-state index contributed by atoms with van der Waals surface area (Å²) in [5.74, 6) is 2.34. The molecule has 1 atom stereocenters. The van der Waals surface area contributed by atoms with Crippen LogP contribution in [0.1, 0.15) is 104 Å². The van der Waals surface area contributed by atoms with E-state index in [0.29, 0.717) is 30.4 Å². The lowest BCUT2D eigenvalue weighted by Gasteiger charge is -2.30. The Hall–Kier alpha value is -2.23. The Morgan fingerprint density at radius 1 is 1.06 bits per heavy atom. The van der Waals surface area contributed by atoms with Crippen molar-refractivity contribution in [2.75, 3.05) is 13.1 Å². The van der Waals surface area contributed by atoms with Crippen molar-refractivity contribution in [1.29, 1.82) is 0 Å². The van der Waals surface area contributed by atoms with Gasteiger partial charge in [-0.25, -0.2) is 0 Å². The molecule has 1 saturated carbocycles. The molecule has 0 bridgehead atoms. The molecule has 0 N–H and O–H groups in total. The molecule has 1 saturated heterocycles. The number of likely N-dealkylation sites (tertiary alicyclic amines) is 1. The van der Waals surface area contributed by atoms with Gasteiger partial charge in [0.25, 0.3) is 0 Å². The van der Waals surface area contributed by atoms with Crippen LogP contribution in [0.3, 0.4) is 0 Å². The van der Waals surface area contributed by atoms with E-state index in [1.807, 2.05) is 44.0 Å². The largest absolute Gasteiger partial charge is 0.343 e. The number of carbonyl (C=O) groups excluding carboxylic acids is 2. The summed E-state index contributed by atoms with van der Waals surface area (Å²) in [5.41, 5.74) is 2.46. The SMILES string of the molecule is CC.CC1CCN(C(=O)CCc2cccnc2)CC1.CCC(=O)C(C1=CCCC=C1)C1CCCCC1. The van der Waals surface area contributed by atoms with Crippen molar-refractivity contribution in [2.45, 2.75) is 105 Å². The molecule has 2 heterocycles. The van der Waals surface area contributed by atoms with Crippen LogP contribution in [-0.2, 0) is 16.0 Å². The highest BCUT2D eigenvalue weighted by atomic mass is 16.2. The van der Waals surface area contributed by atoms with Crippen LogP contribution < -0.4 is 0 Å². The molecule has 200 valence electrons. The summed E-state index contributed by atoms with van der Waals surface area (Å²) in [4.78, 5) is 30.3. The molecule has 4 rings (SSSR count). The summed E-state index contributed by atoms with van der Waals surface area (Å²) >= 11 is 0. The maximum atomic E-state index is 12.2. The summed E-state index contributed by atoms with van der Waals surface area (Å²) in [6.45, 7) is 10.1. The van der Waals surface area contributed by atoms with E-state index in [-0.39, 0.29) is 5.92 Å². The Morgan fingerprint density at radius 2 is 1.78 bits per heavy atom. The fourth-order valence-corrected chi connectivity index (χ4v) is 5.49. The number of hydrogen-bond donors (Lipinski definition) is 0. The molecule has 0 radical (unpaired) electrons. The zero-order chi connectivity index (χ0) is 26.2. The Morgan fingerprint density at radius 3 is 2.36 bits per heavy atom. The van der Waals surface area contributed by atoms with E-state index >= 15 is 0 Å². The minimum Gasteiger partial charge on any atom is -0.343 e. The second-order valence-electron chi connectivity index (χ2n) is 10.3. The van der Waals surface area contributed by atoms with Crippen LogP contribution in [0, 0.1) is 17.8 Å². The highest BCUT2D eigenvalue weighted by Crippen LogP contribution is 2.36. The number of nitrogens with zero attached hydrogens (tertiary/aromatic N) is 2. The van der Waals surface area contributed by atoms with Gasteiger partial charge in [0.1, 0.15) is 5.78 Å². The molecular formula is C32H50N2O2. The number of allylic oxidation sites excluding steroid dienone is 4. The number of carbonyl (C=O) groups is 2. The van der Waals surface area contributed by atoms with Crippen LogP contribution in [0.15, 0.2) is 48.3 Å². The molecule has 36 heavy (non-hydrogen) atoms. The van der Waals surface area contributed by atoms with E-state index in [4.69, 9.17) is 0 Å². The number of ketones is 1. The number of Topliss-reactive ketones (excluding diaryl/α,β-unsaturated/α-hetero) is 1. The minimum atomic E-state index is 0.205. The maximum absolute atomic E-state index is 12.2. The molecule has 1 aliphatic heterocycles. The van der Waals surface area contributed by atoms with E-state index < -0.39 is 0 Å². The van der Waals surface area contributed by atoms with Crippen LogP contribution in [-0.4, -0.2) is 34.7 Å². The summed E-state index contributed by atoms with van der Waals surface area (Å²) in [6, 6.07) is 3.95. The monoisotopic (exact) mass is 494 g/mol. The summed E-state index contributed by atoms with van der Waals surface area (Å²) in [5, 5.41) is 0. The van der Waals surface area contributed by atoms with Gasteiger partial charge >= 0.3 is 0 Å². The first-order chi connectivity index (χ1) is 17.6. The van der Waals surface area contributed by atoms with Crippen LogP contribution in [0.25, 0.3) is 0 Å². The molecule has 0 spiro atoms. The highest BCUT2D eigenvalue weighted by Gasteiger charge is 2.30. The van der Waals surface area contributed by atoms with Crippen molar-refractivity contribution >= 4 is 11.7 Å². The number of amides is 1. The fraction of sp³-hybridized carbons (Fsp3) is 0.656. The average molecular weight is 495 g/mol. The second kappa shape index (κ2) is 17.3. The van der Waals surface area contributed by atoms with Crippen molar-refractivity contribution in [3.63, 3.8) is 0 Å². The summed E-state index contributed by atoms with van der Waals surface area (Å²) in [6.07, 6.45) is 23.5. The Kier molecular flexibility index (Phi) is 14.4. The molecule has 1 amide bonds. The Bertz CT molecular complexity index is 816. The van der Waals surface area contributed by atoms with E-state index in [1.165, 1.54) is 37.7 Å². The third-order valence-electron chi connectivity index (χ3n) is 7.69. The topological polar surface area (TPSA) is 50.3 Å². The molecular weight excluding hydrogens is 444 g/mol. The van der Waals surface area contributed by atoms with Gasteiger partial charge in [0.15, 0.2) is 0 Å². The minimum absolute atomic E-state index is 0.205. The number of piperidine rings is 1. The summed E-state index contributed by atoms with van der Waals surface area (Å²) in [7, 11) is 0. The molecule has 4 nitrogen and oxygen atoms in total. The maximum Gasteiger partial charge on any atom is 0.222 e. The van der Waals surface area contributed by atoms with E-state index in [1.54, 1.807) is 6.20 Å². The Balaban J connectivity index is 0.000000237. The quantitative estimate of drug-likeness (QED) is 0.389. The van der Waals surface area contributed by atoms with E-state index in [0.717, 1.165) is 56.7 Å². The lowest BCUT2D eigenvalue weighted by atomic mass is 9.73. The normalized spacial score (nSPS) is 19.2. The van der Waals surface area contributed by atoms with Gasteiger partial charge in [-0.1, -0.05) is 71.3 Å². The molecule has 1 unspecified atom stereocenters. The van der Waals surface area contributed by atoms with E-state index in [9.17, 15) is 9.59 Å². The first kappa shape index (κ1) is 30.0. The zero-order valence-electron chi connectivity index (χ0n) is 23.4. The van der Waals surface area contributed by atoms with Crippen LogP contribution >= 0.6 is 0 Å². The van der Waals surface area contributed by atoms with Gasteiger partial charge in [0, 0.05) is 44.2 Å². The first-order valence-corrected chi connectivity index (χ1v) is 14.6. The lowest BCUT2D eigenvalue weighted by molar-refractivity contribution is -0.132. The molecule has 0 aromatic carbocycles. The molecule has 1 aromatic rings. The fourth-order valence-electron chi connectivity index (χ4n) is 5.49. The number of aromatic nitrogens is 1. The number of aryl methyl sites for hydroxylation is 1. The van der Waals surface area contributed by atoms with Crippen LogP contribution in [0.5, 0.6) is 0 Å². The second-order valence-corrected chi connectivity index (χ2v) is 10.3. The third-order valence-corrected chi connectivity index (χ3v) is 7.69. The van der Waals surface area contributed by atoms with Gasteiger partial charge < -0.3 is 4.90 Å². The van der Waals surface area contributed by atoms with E-state index in [2.05, 4.69) is 30.1 Å². The van der Waals surface area contributed by atoms with Gasteiger partial charge in [0.2, 0.25) is 5.91 Å². The van der Waals surface area contributed by atoms with Crippen LogP contribution in [0.2, 0.25) is 0 Å². The van der Waals surface area contributed by atoms with Crippen molar-refractivity contribution in [1.82, 2.24) is 9.88 Å². The van der Waals surface area contributed by atoms with Crippen LogP contribution in [0.4, 0.5) is 0 Å². The smallest absolute Gasteiger partial charge is 0.222 e. The standard InChI is InChI=1S/C16H24O.C14H20N2O.C2H6/c1-2-15(17)16(13-9-5-3-6-10-13)14-11-7-4-8-12-14;1-12-6-9-16(10-7-12)14(17)5-4-13-3-2-8-15-11-13;1-2/h5,9-10,14,16H,2-4,6-8,11-12H2,1H3;2-3,8,11-12H,4-7,9-10H2,1H3;1-2H3. The van der Waals surface area contributed by atoms with Gasteiger partial charge in [-0.2, -0.15) is 0 Å². The average Bonchev–Trinajstić information content (AvgIpc) is 2.95. The van der Waals surface area contributed by atoms with Crippen molar-refractivity contribution in [2.24, 2.45) is 17.8 Å². The lowest BCUT2D eigenvalue weighted by Crippen LogP contribution is -2.37. The number of rotatable bonds is 7. The molecule has 2 fully saturated rings. The van der Waals surface area contributed by atoms with Gasteiger partial charge in [-0.15, -0.1) is 0 Å². The molecule has 2 aliphatic carbocycles. The third kappa shape index (κ3) is 10.0. The van der Waals surface area contributed by atoms with Gasteiger partial charge in [-0.3, -0.25) is 14.6 Å². The Labute approximate surface area is 220 Å². The molecule has 4 heteroatoms. The van der Waals surface area contributed by atoms with Crippen molar-refractivity contribution in [3.05, 3.63) is 53.9 Å². The van der Waals surface area contributed by atoms with Gasteiger partial charge in [-0.05, 0) is 74.0 Å². The van der Waals surface area contributed by atoms with Gasteiger partial charge in [0.05, 0.1) is 0 Å².